The van der Waals surface area contributed by atoms with Gasteiger partial charge in [-0.3, -0.25) is 0 Å². The van der Waals surface area contributed by atoms with Gasteiger partial charge >= 0.3 is 5.97 Å². The van der Waals surface area contributed by atoms with Gasteiger partial charge in [-0.05, 0) is 81.5 Å². The third kappa shape index (κ3) is 10.0. The van der Waals surface area contributed by atoms with Crippen LogP contribution in [0.3, 0.4) is 0 Å². The van der Waals surface area contributed by atoms with E-state index in [4.69, 9.17) is 9.47 Å². The summed E-state index contributed by atoms with van der Waals surface area (Å²) in [6, 6.07) is 0. The van der Waals surface area contributed by atoms with Gasteiger partial charge in [-0.1, -0.05) is 75.5 Å². The van der Waals surface area contributed by atoms with Crippen LogP contribution >= 0.6 is 0 Å². The first-order valence-corrected chi connectivity index (χ1v) is 14.3. The molecule has 0 amide bonds. The maximum atomic E-state index is 12.7. The molecule has 0 fully saturated rings. The Balaban J connectivity index is 1.75. The van der Waals surface area contributed by atoms with Crippen LogP contribution < -0.4 is 0 Å². The monoisotopic (exact) mass is 512 g/mol. The standard InChI is InChI=1S/C32H48O5/c1-22-18-23(2)20-30(34)25(4)24(3)21-31(29(33)17-16-26-10-6-5-7-11-26)37-32(35)15-9-13-27-12-8-14-28(19-22)36-27/h5-6,8-9,12,15-17,22,24-31,33-34H,2,7,10-11,13-14,18-21H2,1,3-4H3/b15-9-,17-16+/t22?,24-,25?,26?,27?,28?,29?,30-,31?/m0/s1. The summed E-state index contributed by atoms with van der Waals surface area (Å²) in [7, 11) is 0. The van der Waals surface area contributed by atoms with Crippen LogP contribution in [0.4, 0.5) is 0 Å². The molecular weight excluding hydrogens is 464 g/mol. The number of carbonyl (C=O) groups excluding carboxylic acids is 1. The number of cyclic esters (lactones) is 1. The van der Waals surface area contributed by atoms with Crippen molar-refractivity contribution in [1.29, 1.82) is 0 Å². The van der Waals surface area contributed by atoms with Crippen molar-refractivity contribution in [2.45, 2.75) is 109 Å². The molecule has 1 aliphatic carbocycles. The molecule has 0 aromatic rings. The van der Waals surface area contributed by atoms with Crippen LogP contribution in [0.15, 0.2) is 60.8 Å². The van der Waals surface area contributed by atoms with E-state index in [9.17, 15) is 15.0 Å². The van der Waals surface area contributed by atoms with E-state index in [0.29, 0.717) is 31.1 Å². The van der Waals surface area contributed by atoms with Crippen molar-refractivity contribution in [3.63, 3.8) is 0 Å². The Morgan fingerprint density at radius 2 is 1.86 bits per heavy atom. The molecule has 2 bridgehead atoms. The highest BCUT2D eigenvalue weighted by Crippen LogP contribution is 2.30. The number of allylic oxidation sites excluding steroid dienone is 3. The van der Waals surface area contributed by atoms with Gasteiger partial charge in [0.25, 0.3) is 0 Å². The van der Waals surface area contributed by atoms with E-state index in [0.717, 1.165) is 44.1 Å². The summed E-state index contributed by atoms with van der Waals surface area (Å²) in [5, 5.41) is 22.0. The van der Waals surface area contributed by atoms with E-state index in [1.165, 1.54) is 6.08 Å². The summed E-state index contributed by atoms with van der Waals surface area (Å²) >= 11 is 0. The van der Waals surface area contributed by atoms with Crippen molar-refractivity contribution in [3.05, 3.63) is 60.8 Å². The molecule has 0 saturated carbocycles. The molecule has 37 heavy (non-hydrogen) atoms. The highest BCUT2D eigenvalue weighted by Gasteiger charge is 2.29. The maximum absolute atomic E-state index is 12.7. The van der Waals surface area contributed by atoms with Crippen molar-refractivity contribution >= 4 is 5.97 Å². The number of hydrogen-bond donors (Lipinski definition) is 2. The molecule has 7 unspecified atom stereocenters. The fraction of sp³-hybridized carbons (Fsp3) is 0.656. The maximum Gasteiger partial charge on any atom is 0.330 e. The van der Waals surface area contributed by atoms with Crippen molar-refractivity contribution in [1.82, 2.24) is 0 Å². The Morgan fingerprint density at radius 3 is 2.62 bits per heavy atom. The zero-order valence-corrected chi connectivity index (χ0v) is 23.0. The van der Waals surface area contributed by atoms with Crippen LogP contribution in [0, 0.1) is 23.7 Å². The third-order valence-corrected chi connectivity index (χ3v) is 8.19. The number of fused-ring (bicyclic) bond motifs is 2. The summed E-state index contributed by atoms with van der Waals surface area (Å²) < 4.78 is 12.0. The van der Waals surface area contributed by atoms with E-state index in [-0.39, 0.29) is 24.0 Å². The Labute approximate surface area is 224 Å². The van der Waals surface area contributed by atoms with E-state index >= 15 is 0 Å². The average molecular weight is 513 g/mol. The molecule has 3 rings (SSSR count). The van der Waals surface area contributed by atoms with Crippen molar-refractivity contribution < 1.29 is 24.5 Å². The number of hydrogen-bond acceptors (Lipinski definition) is 5. The number of esters is 1. The summed E-state index contributed by atoms with van der Waals surface area (Å²) in [6.45, 7) is 10.6. The van der Waals surface area contributed by atoms with Gasteiger partial charge in [0.2, 0.25) is 0 Å². The van der Waals surface area contributed by atoms with Crippen molar-refractivity contribution in [2.24, 2.45) is 23.7 Å². The molecule has 0 saturated heterocycles. The second-order valence-electron chi connectivity index (χ2n) is 11.6. The Hall–Kier alpha value is -1.95. The fourth-order valence-electron chi connectivity index (χ4n) is 5.70. The van der Waals surface area contributed by atoms with E-state index in [2.05, 4.69) is 50.8 Å². The van der Waals surface area contributed by atoms with Gasteiger partial charge < -0.3 is 19.7 Å². The van der Waals surface area contributed by atoms with Gasteiger partial charge in [0.05, 0.1) is 18.3 Å². The molecule has 0 spiro atoms. The Kier molecular flexibility index (Phi) is 11.9. The van der Waals surface area contributed by atoms with Crippen LogP contribution in [0.5, 0.6) is 0 Å². The first-order valence-electron chi connectivity index (χ1n) is 14.3. The second kappa shape index (κ2) is 14.8. The number of rotatable bonds is 3. The van der Waals surface area contributed by atoms with Gasteiger partial charge in [0.15, 0.2) is 0 Å². The zero-order valence-electron chi connectivity index (χ0n) is 23.0. The third-order valence-electron chi connectivity index (χ3n) is 8.19. The summed E-state index contributed by atoms with van der Waals surface area (Å²) in [5.41, 5.74) is 1.05. The average Bonchev–Trinajstić information content (AvgIpc) is 2.86. The highest BCUT2D eigenvalue weighted by molar-refractivity contribution is 5.82. The van der Waals surface area contributed by atoms with Gasteiger partial charge in [0, 0.05) is 6.08 Å². The predicted octanol–water partition coefficient (Wildman–Crippen LogP) is 6.23. The predicted molar refractivity (Wildman–Crippen MR) is 149 cm³/mol. The van der Waals surface area contributed by atoms with Crippen LogP contribution in [-0.4, -0.2) is 46.7 Å². The zero-order chi connectivity index (χ0) is 26.8. The van der Waals surface area contributed by atoms with E-state index in [1.807, 2.05) is 6.92 Å². The normalized spacial score (nSPS) is 38.5. The van der Waals surface area contributed by atoms with Crippen LogP contribution in [-0.2, 0) is 14.3 Å². The highest BCUT2D eigenvalue weighted by atomic mass is 16.6. The summed E-state index contributed by atoms with van der Waals surface area (Å²) in [4.78, 5) is 12.7. The lowest BCUT2D eigenvalue weighted by Gasteiger charge is -2.31. The lowest BCUT2D eigenvalue weighted by atomic mass is 9.82. The Morgan fingerprint density at radius 1 is 1.05 bits per heavy atom. The smallest absolute Gasteiger partial charge is 0.330 e. The second-order valence-corrected chi connectivity index (χ2v) is 11.6. The number of carbonyl (C=O) groups is 1. The fourth-order valence-corrected chi connectivity index (χ4v) is 5.70. The molecule has 5 heteroatoms. The number of aliphatic hydroxyl groups excluding tert-OH is 2. The molecular formula is C32H48O5. The molecule has 0 radical (unpaired) electrons. The first kappa shape index (κ1) is 29.6. The molecule has 3 aliphatic rings. The molecule has 206 valence electrons. The van der Waals surface area contributed by atoms with E-state index < -0.39 is 24.3 Å². The van der Waals surface area contributed by atoms with Crippen LogP contribution in [0.25, 0.3) is 0 Å². The molecule has 2 N–H and O–H groups in total. The molecule has 9 atom stereocenters. The largest absolute Gasteiger partial charge is 0.456 e. The van der Waals surface area contributed by atoms with Gasteiger partial charge in [-0.25, -0.2) is 4.79 Å². The SMILES string of the molecule is C=C1CC(C)CC2CC=CC(C/C=C\C(=O)OC(C(O)/C=C/C3CC=CCC3)C[C@H](C)C(C)[C@@H](O)C1)O2. The number of aliphatic hydroxyl groups is 2. The van der Waals surface area contributed by atoms with Crippen molar-refractivity contribution in [2.75, 3.05) is 0 Å². The molecule has 0 aromatic heterocycles. The van der Waals surface area contributed by atoms with Crippen LogP contribution in [0.1, 0.15) is 78.6 Å². The number of ether oxygens (including phenoxy) is 2. The minimum atomic E-state index is -0.901. The van der Waals surface area contributed by atoms with Gasteiger partial charge in [-0.2, -0.15) is 0 Å². The molecule has 2 aliphatic heterocycles. The van der Waals surface area contributed by atoms with Crippen LogP contribution in [0.2, 0.25) is 0 Å². The minimum absolute atomic E-state index is 0.0325. The summed E-state index contributed by atoms with van der Waals surface area (Å²) in [6.07, 6.45) is 21.1. The molecule has 5 nitrogen and oxygen atoms in total. The topological polar surface area (TPSA) is 76.0 Å². The molecule has 2 heterocycles. The van der Waals surface area contributed by atoms with Gasteiger partial charge in [0.1, 0.15) is 12.2 Å². The first-order chi connectivity index (χ1) is 17.7. The lowest BCUT2D eigenvalue weighted by Crippen LogP contribution is -2.35. The molecule has 0 aromatic carbocycles. The quantitative estimate of drug-likeness (QED) is 0.346. The van der Waals surface area contributed by atoms with E-state index in [1.54, 1.807) is 12.2 Å². The van der Waals surface area contributed by atoms with Crippen molar-refractivity contribution in [3.8, 4) is 0 Å². The summed E-state index contributed by atoms with van der Waals surface area (Å²) in [5.74, 6) is 0.362. The Bertz CT molecular complexity index is 855. The lowest BCUT2D eigenvalue weighted by molar-refractivity contribution is -0.148. The minimum Gasteiger partial charge on any atom is -0.456 e. The van der Waals surface area contributed by atoms with Gasteiger partial charge in [-0.15, -0.1) is 0 Å².